The number of carbonyl (C=O) groups excluding carboxylic acids is 2. The predicted octanol–water partition coefficient (Wildman–Crippen LogP) is 4.05. The first kappa shape index (κ1) is 19.0. The number of rotatable bonds is 5. The average Bonchev–Trinajstić information content (AvgIpc) is 2.62. The van der Waals surface area contributed by atoms with Gasteiger partial charge in [0.05, 0.1) is 12.4 Å². The summed E-state index contributed by atoms with van der Waals surface area (Å²) in [6.07, 6.45) is 2.94. The summed E-state index contributed by atoms with van der Waals surface area (Å²) in [7, 11) is 0. The first-order valence-electron chi connectivity index (χ1n) is 8.75. The van der Waals surface area contributed by atoms with Crippen LogP contribution < -0.4 is 16.0 Å². The van der Waals surface area contributed by atoms with Crippen molar-refractivity contribution >= 4 is 34.7 Å². The van der Waals surface area contributed by atoms with Crippen molar-refractivity contribution in [2.75, 3.05) is 16.0 Å². The molecule has 0 aliphatic carbocycles. The monoisotopic (exact) mass is 375 g/mol. The second kappa shape index (κ2) is 8.30. The van der Waals surface area contributed by atoms with E-state index in [1.165, 1.54) is 19.3 Å². The molecule has 0 fully saturated rings. The number of hydrogen-bond donors (Lipinski definition) is 3. The maximum Gasteiger partial charge on any atom is 0.275 e. The molecule has 3 N–H and O–H groups in total. The number of nitrogens with one attached hydrogen (secondary N) is 3. The van der Waals surface area contributed by atoms with Gasteiger partial charge >= 0.3 is 0 Å². The van der Waals surface area contributed by atoms with Gasteiger partial charge in [-0.05, 0) is 61.4 Å². The second-order valence-corrected chi connectivity index (χ2v) is 6.50. The van der Waals surface area contributed by atoms with Gasteiger partial charge in [0.2, 0.25) is 5.91 Å². The van der Waals surface area contributed by atoms with E-state index in [2.05, 4.69) is 32.0 Å². The summed E-state index contributed by atoms with van der Waals surface area (Å²) in [5, 5.41) is 8.60. The van der Waals surface area contributed by atoms with Gasteiger partial charge in [0.1, 0.15) is 11.5 Å². The SMILES string of the molecule is CC(=O)Nc1ccc(NC(=O)c2cnc(Nc3cc(C)cc(C)c3)cn2)cc1. The fourth-order valence-corrected chi connectivity index (χ4v) is 2.74. The van der Waals surface area contributed by atoms with Crippen molar-refractivity contribution in [1.82, 2.24) is 9.97 Å². The van der Waals surface area contributed by atoms with Crippen molar-refractivity contribution in [2.24, 2.45) is 0 Å². The Labute approximate surface area is 163 Å². The van der Waals surface area contributed by atoms with Gasteiger partial charge in [-0.25, -0.2) is 9.97 Å². The Morgan fingerprint density at radius 3 is 1.93 bits per heavy atom. The molecule has 0 aliphatic heterocycles. The molecule has 0 unspecified atom stereocenters. The molecule has 3 rings (SSSR count). The van der Waals surface area contributed by atoms with Crippen LogP contribution in [0.3, 0.4) is 0 Å². The van der Waals surface area contributed by atoms with Crippen LogP contribution in [-0.2, 0) is 4.79 Å². The summed E-state index contributed by atoms with van der Waals surface area (Å²) < 4.78 is 0. The lowest BCUT2D eigenvalue weighted by molar-refractivity contribution is -0.114. The Morgan fingerprint density at radius 2 is 1.39 bits per heavy atom. The van der Waals surface area contributed by atoms with Crippen molar-refractivity contribution < 1.29 is 9.59 Å². The van der Waals surface area contributed by atoms with E-state index < -0.39 is 0 Å². The van der Waals surface area contributed by atoms with Crippen LogP contribution in [0.2, 0.25) is 0 Å². The zero-order valence-corrected chi connectivity index (χ0v) is 15.9. The number of carbonyl (C=O) groups is 2. The number of hydrogen-bond acceptors (Lipinski definition) is 5. The fourth-order valence-electron chi connectivity index (χ4n) is 2.74. The highest BCUT2D eigenvalue weighted by Gasteiger charge is 2.09. The molecule has 0 aliphatic rings. The lowest BCUT2D eigenvalue weighted by atomic mass is 10.1. The van der Waals surface area contributed by atoms with E-state index in [1.807, 2.05) is 26.0 Å². The Morgan fingerprint density at radius 1 is 0.786 bits per heavy atom. The lowest BCUT2D eigenvalue weighted by Crippen LogP contribution is -2.14. The van der Waals surface area contributed by atoms with Gasteiger partial charge in [0, 0.05) is 24.0 Å². The van der Waals surface area contributed by atoms with E-state index in [0.717, 1.165) is 16.8 Å². The molecular formula is C21H21N5O2. The molecule has 2 aromatic carbocycles. The molecule has 0 atom stereocenters. The number of benzene rings is 2. The number of amides is 2. The number of aromatic nitrogens is 2. The zero-order chi connectivity index (χ0) is 20.1. The summed E-state index contributed by atoms with van der Waals surface area (Å²) in [6.45, 7) is 5.49. The van der Waals surface area contributed by atoms with E-state index in [9.17, 15) is 9.59 Å². The van der Waals surface area contributed by atoms with Gasteiger partial charge in [-0.1, -0.05) is 6.07 Å². The third-order valence-electron chi connectivity index (χ3n) is 3.84. The summed E-state index contributed by atoms with van der Waals surface area (Å²) in [4.78, 5) is 31.8. The summed E-state index contributed by atoms with van der Waals surface area (Å²) in [6, 6.07) is 12.9. The lowest BCUT2D eigenvalue weighted by Gasteiger charge is -2.09. The van der Waals surface area contributed by atoms with Gasteiger partial charge in [-0.2, -0.15) is 0 Å². The first-order valence-corrected chi connectivity index (χ1v) is 8.75. The van der Waals surface area contributed by atoms with Crippen LogP contribution in [-0.4, -0.2) is 21.8 Å². The average molecular weight is 375 g/mol. The first-order chi connectivity index (χ1) is 13.4. The highest BCUT2D eigenvalue weighted by atomic mass is 16.2. The Kier molecular flexibility index (Phi) is 5.64. The number of aryl methyl sites for hydroxylation is 2. The van der Waals surface area contributed by atoms with Crippen molar-refractivity contribution in [3.8, 4) is 0 Å². The second-order valence-electron chi connectivity index (χ2n) is 6.50. The van der Waals surface area contributed by atoms with Crippen molar-refractivity contribution in [2.45, 2.75) is 20.8 Å². The molecule has 7 nitrogen and oxygen atoms in total. The molecule has 0 saturated carbocycles. The van der Waals surface area contributed by atoms with Crippen LogP contribution in [0.1, 0.15) is 28.5 Å². The minimum absolute atomic E-state index is 0.151. The molecule has 0 radical (unpaired) electrons. The van der Waals surface area contributed by atoms with Crippen LogP contribution in [0, 0.1) is 13.8 Å². The predicted molar refractivity (Wildman–Crippen MR) is 110 cm³/mol. The van der Waals surface area contributed by atoms with E-state index >= 15 is 0 Å². The van der Waals surface area contributed by atoms with Crippen molar-refractivity contribution in [3.63, 3.8) is 0 Å². The molecular weight excluding hydrogens is 354 g/mol. The number of anilines is 4. The van der Waals surface area contributed by atoms with E-state index in [-0.39, 0.29) is 17.5 Å². The zero-order valence-electron chi connectivity index (χ0n) is 15.9. The molecule has 0 saturated heterocycles. The maximum atomic E-state index is 12.3. The van der Waals surface area contributed by atoms with Crippen LogP contribution in [0.4, 0.5) is 22.9 Å². The van der Waals surface area contributed by atoms with Crippen LogP contribution in [0.25, 0.3) is 0 Å². The van der Waals surface area contributed by atoms with Gasteiger partial charge in [0.15, 0.2) is 0 Å². The summed E-state index contributed by atoms with van der Waals surface area (Å²) >= 11 is 0. The van der Waals surface area contributed by atoms with Crippen LogP contribution in [0.15, 0.2) is 54.9 Å². The maximum absolute atomic E-state index is 12.3. The highest BCUT2D eigenvalue weighted by Crippen LogP contribution is 2.18. The van der Waals surface area contributed by atoms with E-state index in [4.69, 9.17) is 0 Å². The quantitative estimate of drug-likeness (QED) is 0.625. The standard InChI is InChI=1S/C21H21N5O2/c1-13-8-14(2)10-18(9-13)25-20-12-22-19(11-23-20)21(28)26-17-6-4-16(5-7-17)24-15(3)27/h4-12H,1-3H3,(H,23,25)(H,24,27)(H,26,28). The highest BCUT2D eigenvalue weighted by molar-refractivity contribution is 6.02. The molecule has 2 amide bonds. The molecule has 0 spiro atoms. The molecule has 7 heteroatoms. The van der Waals surface area contributed by atoms with E-state index in [0.29, 0.717) is 17.2 Å². The third kappa shape index (κ3) is 5.14. The molecule has 0 bridgehead atoms. The fraction of sp³-hybridized carbons (Fsp3) is 0.143. The minimum atomic E-state index is -0.363. The van der Waals surface area contributed by atoms with Gasteiger partial charge < -0.3 is 16.0 Å². The van der Waals surface area contributed by atoms with Gasteiger partial charge in [-0.3, -0.25) is 9.59 Å². The summed E-state index contributed by atoms with van der Waals surface area (Å²) in [5.41, 5.74) is 4.68. The van der Waals surface area contributed by atoms with Gasteiger partial charge in [-0.15, -0.1) is 0 Å². The van der Waals surface area contributed by atoms with E-state index in [1.54, 1.807) is 24.3 Å². The van der Waals surface area contributed by atoms with Crippen LogP contribution in [0.5, 0.6) is 0 Å². The topological polar surface area (TPSA) is 96.0 Å². The smallest absolute Gasteiger partial charge is 0.275 e. The van der Waals surface area contributed by atoms with Crippen molar-refractivity contribution in [1.29, 1.82) is 0 Å². The number of nitrogens with zero attached hydrogens (tertiary/aromatic N) is 2. The minimum Gasteiger partial charge on any atom is -0.339 e. The Hall–Kier alpha value is -3.74. The van der Waals surface area contributed by atoms with Crippen molar-refractivity contribution in [3.05, 3.63) is 71.7 Å². The molecule has 28 heavy (non-hydrogen) atoms. The Balaban J connectivity index is 1.64. The molecule has 1 aromatic heterocycles. The van der Waals surface area contributed by atoms with Crippen LogP contribution >= 0.6 is 0 Å². The molecule has 3 aromatic rings. The summed E-state index contributed by atoms with van der Waals surface area (Å²) in [5.74, 6) is 0.0421. The van der Waals surface area contributed by atoms with Gasteiger partial charge in [0.25, 0.3) is 5.91 Å². The Bertz CT molecular complexity index is 978. The molecule has 142 valence electrons. The largest absolute Gasteiger partial charge is 0.339 e. The normalized spacial score (nSPS) is 10.2. The molecule has 1 heterocycles. The third-order valence-corrected chi connectivity index (χ3v) is 3.84.